The number of nitrogens with one attached hydrogen (secondary N) is 2. The molecule has 0 spiro atoms. The molecule has 4 rings (SSSR count). The Kier molecular flexibility index (Phi) is 5.07. The van der Waals surface area contributed by atoms with Gasteiger partial charge in [-0.25, -0.2) is 4.79 Å². The minimum absolute atomic E-state index is 0.0200. The number of halogens is 1. The topological polar surface area (TPSA) is 121 Å². The minimum atomic E-state index is -1.15. The van der Waals surface area contributed by atoms with Gasteiger partial charge in [0.2, 0.25) is 5.91 Å². The van der Waals surface area contributed by atoms with E-state index in [0.717, 1.165) is 10.0 Å². The van der Waals surface area contributed by atoms with Crippen molar-refractivity contribution in [3.05, 3.63) is 72.7 Å². The van der Waals surface area contributed by atoms with Crippen LogP contribution in [-0.2, 0) is 11.2 Å². The number of H-pyrrole nitrogens is 1. The predicted octanol–water partition coefficient (Wildman–Crippen LogP) is 2.91. The standard InChI is InChI=1S/C21H18BrN3O5/c1-10-6-11-7-12(22)8-15-18(11)25(20(28)19(27)24-15)16(10)9-17(26)23-14-5-3-2-4-13(14)21(29)30/h2-5,7-8,10,16H,6,9H2,1H3,(H,23,26)(H,24,27)(H,29,30)/t10-,16+/m1/s1. The van der Waals surface area contributed by atoms with Gasteiger partial charge in [-0.1, -0.05) is 35.0 Å². The molecule has 3 aromatic rings. The van der Waals surface area contributed by atoms with Crippen molar-refractivity contribution in [3.8, 4) is 0 Å². The maximum atomic E-state index is 12.8. The lowest BCUT2D eigenvalue weighted by Gasteiger charge is -2.32. The summed E-state index contributed by atoms with van der Waals surface area (Å²) >= 11 is 3.43. The maximum Gasteiger partial charge on any atom is 0.337 e. The van der Waals surface area contributed by atoms with Gasteiger partial charge in [0, 0.05) is 16.9 Å². The Morgan fingerprint density at radius 1 is 1.27 bits per heavy atom. The van der Waals surface area contributed by atoms with E-state index in [1.807, 2.05) is 13.0 Å². The van der Waals surface area contributed by atoms with Crippen LogP contribution in [0, 0.1) is 5.92 Å². The van der Waals surface area contributed by atoms with Crippen molar-refractivity contribution in [2.75, 3.05) is 5.32 Å². The van der Waals surface area contributed by atoms with Crippen LogP contribution in [0.2, 0.25) is 0 Å². The van der Waals surface area contributed by atoms with Crippen LogP contribution in [0.3, 0.4) is 0 Å². The summed E-state index contributed by atoms with van der Waals surface area (Å²) in [5.74, 6) is -1.67. The van der Waals surface area contributed by atoms with Crippen LogP contribution in [0.15, 0.2) is 50.5 Å². The normalized spacial score (nSPS) is 17.7. The first kappa shape index (κ1) is 20.1. The number of carboxylic acids is 1. The summed E-state index contributed by atoms with van der Waals surface area (Å²) < 4.78 is 2.20. The summed E-state index contributed by atoms with van der Waals surface area (Å²) in [6, 6.07) is 9.22. The molecule has 0 radical (unpaired) electrons. The van der Waals surface area contributed by atoms with E-state index in [1.165, 1.54) is 16.7 Å². The molecule has 0 bridgehead atoms. The quantitative estimate of drug-likeness (QED) is 0.505. The van der Waals surface area contributed by atoms with Gasteiger partial charge in [0.25, 0.3) is 0 Å². The summed E-state index contributed by atoms with van der Waals surface area (Å²) in [7, 11) is 0. The van der Waals surface area contributed by atoms with Crippen LogP contribution in [0.4, 0.5) is 5.69 Å². The number of aromatic carboxylic acids is 1. The van der Waals surface area contributed by atoms with Crippen molar-refractivity contribution in [3.63, 3.8) is 0 Å². The third-order valence-corrected chi connectivity index (χ3v) is 5.87. The van der Waals surface area contributed by atoms with E-state index in [4.69, 9.17) is 0 Å². The number of carbonyl (C=O) groups is 2. The van der Waals surface area contributed by atoms with Crippen LogP contribution in [0.5, 0.6) is 0 Å². The number of rotatable bonds is 4. The second kappa shape index (κ2) is 7.56. The highest BCUT2D eigenvalue weighted by Gasteiger charge is 2.31. The van der Waals surface area contributed by atoms with E-state index in [-0.39, 0.29) is 23.6 Å². The van der Waals surface area contributed by atoms with Crippen LogP contribution >= 0.6 is 15.9 Å². The Labute approximate surface area is 178 Å². The molecule has 9 heteroatoms. The largest absolute Gasteiger partial charge is 0.478 e. The fourth-order valence-electron chi connectivity index (χ4n) is 4.09. The summed E-state index contributed by atoms with van der Waals surface area (Å²) in [6.07, 6.45) is 0.564. The molecule has 154 valence electrons. The lowest BCUT2D eigenvalue weighted by Crippen LogP contribution is -2.43. The molecule has 0 saturated heterocycles. The van der Waals surface area contributed by atoms with Gasteiger partial charge < -0.3 is 15.4 Å². The molecule has 1 aliphatic heterocycles. The molecule has 2 heterocycles. The Morgan fingerprint density at radius 2 is 2.00 bits per heavy atom. The van der Waals surface area contributed by atoms with Crippen LogP contribution < -0.4 is 16.4 Å². The number of nitrogens with zero attached hydrogens (tertiary/aromatic N) is 1. The molecule has 0 fully saturated rings. The Bertz CT molecular complexity index is 1310. The highest BCUT2D eigenvalue weighted by molar-refractivity contribution is 9.10. The van der Waals surface area contributed by atoms with Crippen LogP contribution in [0.1, 0.15) is 35.3 Å². The number of anilines is 1. The molecule has 2 atom stereocenters. The number of hydrogen-bond acceptors (Lipinski definition) is 4. The Morgan fingerprint density at radius 3 is 2.73 bits per heavy atom. The highest BCUT2D eigenvalue weighted by atomic mass is 79.9. The molecule has 1 amide bonds. The minimum Gasteiger partial charge on any atom is -0.478 e. The zero-order valence-electron chi connectivity index (χ0n) is 15.9. The lowest BCUT2D eigenvalue weighted by atomic mass is 9.87. The zero-order chi connectivity index (χ0) is 21.6. The summed E-state index contributed by atoms with van der Waals surface area (Å²) in [4.78, 5) is 51.7. The van der Waals surface area contributed by atoms with Gasteiger partial charge in [-0.05, 0) is 42.2 Å². The average molecular weight is 472 g/mol. The number of hydrogen-bond donors (Lipinski definition) is 3. The Balaban J connectivity index is 1.74. The number of amides is 1. The number of aromatic amines is 1. The molecule has 0 unspecified atom stereocenters. The maximum absolute atomic E-state index is 12.8. The zero-order valence-corrected chi connectivity index (χ0v) is 17.5. The van der Waals surface area contributed by atoms with Gasteiger partial charge in [-0.3, -0.25) is 19.0 Å². The number of aromatic nitrogens is 2. The third-order valence-electron chi connectivity index (χ3n) is 5.41. The smallest absolute Gasteiger partial charge is 0.337 e. The van der Waals surface area contributed by atoms with E-state index in [2.05, 4.69) is 26.2 Å². The molecule has 2 aromatic carbocycles. The second-order valence-corrected chi connectivity index (χ2v) is 8.36. The van der Waals surface area contributed by atoms with Crippen molar-refractivity contribution in [2.45, 2.75) is 25.8 Å². The van der Waals surface area contributed by atoms with Crippen LogP contribution in [0.25, 0.3) is 11.0 Å². The molecule has 1 aromatic heterocycles. The second-order valence-electron chi connectivity index (χ2n) is 7.44. The van der Waals surface area contributed by atoms with Gasteiger partial charge in [-0.2, -0.15) is 0 Å². The Hall–Kier alpha value is -3.20. The van der Waals surface area contributed by atoms with Crippen molar-refractivity contribution >= 4 is 44.5 Å². The highest BCUT2D eigenvalue weighted by Crippen LogP contribution is 2.36. The first-order valence-electron chi connectivity index (χ1n) is 9.35. The monoisotopic (exact) mass is 471 g/mol. The van der Waals surface area contributed by atoms with Crippen molar-refractivity contribution in [1.29, 1.82) is 0 Å². The SMILES string of the molecule is C[C@@H]1Cc2cc(Br)cc3[nH]c(=O)c(=O)n(c23)[C@H]1CC(=O)Nc1ccccc1C(=O)O. The summed E-state index contributed by atoms with van der Waals surface area (Å²) in [5, 5.41) is 11.9. The molecule has 0 saturated carbocycles. The van der Waals surface area contributed by atoms with Crippen molar-refractivity contribution < 1.29 is 14.7 Å². The molecule has 1 aliphatic rings. The summed E-state index contributed by atoms with van der Waals surface area (Å²) in [6.45, 7) is 1.92. The first-order valence-corrected chi connectivity index (χ1v) is 10.1. The molecular formula is C21H18BrN3O5. The number of carbonyl (C=O) groups excluding carboxylic acids is 1. The molecule has 0 aliphatic carbocycles. The number of carboxylic acid groups (broad SMARTS) is 1. The summed E-state index contributed by atoms with van der Waals surface area (Å²) in [5.41, 5.74) is 0.763. The lowest BCUT2D eigenvalue weighted by molar-refractivity contribution is -0.117. The molecule has 30 heavy (non-hydrogen) atoms. The molecular weight excluding hydrogens is 454 g/mol. The number of para-hydroxylation sites is 1. The fourth-order valence-corrected chi connectivity index (χ4v) is 4.60. The van der Waals surface area contributed by atoms with Gasteiger partial charge >= 0.3 is 17.1 Å². The average Bonchev–Trinajstić information content (AvgIpc) is 2.67. The fraction of sp³-hybridized carbons (Fsp3) is 0.238. The predicted molar refractivity (Wildman–Crippen MR) is 115 cm³/mol. The van der Waals surface area contributed by atoms with E-state index in [1.54, 1.807) is 18.2 Å². The van der Waals surface area contributed by atoms with Gasteiger partial charge in [0.1, 0.15) is 0 Å². The van der Waals surface area contributed by atoms with Gasteiger partial charge in [0.05, 0.1) is 22.3 Å². The van der Waals surface area contributed by atoms with E-state index in [0.29, 0.717) is 17.5 Å². The van der Waals surface area contributed by atoms with Gasteiger partial charge in [0.15, 0.2) is 0 Å². The van der Waals surface area contributed by atoms with E-state index < -0.39 is 29.0 Å². The third kappa shape index (κ3) is 3.45. The van der Waals surface area contributed by atoms with E-state index in [9.17, 15) is 24.3 Å². The van der Waals surface area contributed by atoms with E-state index >= 15 is 0 Å². The van der Waals surface area contributed by atoms with Crippen molar-refractivity contribution in [2.24, 2.45) is 5.92 Å². The molecule has 3 N–H and O–H groups in total. The van der Waals surface area contributed by atoms with Crippen LogP contribution in [-0.4, -0.2) is 26.5 Å². The van der Waals surface area contributed by atoms with Crippen molar-refractivity contribution in [1.82, 2.24) is 9.55 Å². The first-order chi connectivity index (χ1) is 14.3. The van der Waals surface area contributed by atoms with Gasteiger partial charge in [-0.15, -0.1) is 0 Å². The molecule has 8 nitrogen and oxygen atoms in total. The number of benzene rings is 2.